The third-order valence-corrected chi connectivity index (χ3v) is 5.40. The van der Waals surface area contributed by atoms with Gasteiger partial charge in [0.25, 0.3) is 0 Å². The Labute approximate surface area is 155 Å². The van der Waals surface area contributed by atoms with Gasteiger partial charge in [0.15, 0.2) is 0 Å². The zero-order chi connectivity index (χ0) is 18.5. The molecule has 6 heteroatoms. The fraction of sp³-hybridized carbons (Fsp3) is 0.600. The number of rotatable bonds is 5. The highest BCUT2D eigenvalue weighted by molar-refractivity contribution is 5.82. The van der Waals surface area contributed by atoms with E-state index >= 15 is 0 Å². The summed E-state index contributed by atoms with van der Waals surface area (Å²) in [5.41, 5.74) is 2.36. The van der Waals surface area contributed by atoms with E-state index < -0.39 is 0 Å². The van der Waals surface area contributed by atoms with Crippen LogP contribution in [0.2, 0.25) is 0 Å². The van der Waals surface area contributed by atoms with Crippen LogP contribution in [0.15, 0.2) is 24.3 Å². The molecule has 1 aromatic rings. The summed E-state index contributed by atoms with van der Waals surface area (Å²) in [6, 6.07) is 8.47. The van der Waals surface area contributed by atoms with Crippen LogP contribution >= 0.6 is 0 Å². The summed E-state index contributed by atoms with van der Waals surface area (Å²) in [6.07, 6.45) is 2.51. The van der Waals surface area contributed by atoms with Gasteiger partial charge in [-0.3, -0.25) is 14.5 Å². The molecule has 3 rings (SSSR count). The quantitative estimate of drug-likeness (QED) is 0.838. The number of carbonyl (C=O) groups is 2. The van der Waals surface area contributed by atoms with Crippen LogP contribution in [-0.2, 0) is 9.59 Å². The molecule has 2 saturated heterocycles. The number of hydrogen-bond acceptors (Lipinski definition) is 4. The molecule has 0 bridgehead atoms. The van der Waals surface area contributed by atoms with Crippen LogP contribution < -0.4 is 15.5 Å². The highest BCUT2D eigenvalue weighted by atomic mass is 16.2. The van der Waals surface area contributed by atoms with Crippen molar-refractivity contribution in [2.75, 3.05) is 44.2 Å². The predicted molar refractivity (Wildman–Crippen MR) is 103 cm³/mol. The summed E-state index contributed by atoms with van der Waals surface area (Å²) < 4.78 is 0. The number of hydrogen-bond donors (Lipinski definition) is 2. The SMILES string of the molecule is CC1CCN(c2ccc([C@@H](C)NC(=O)CN3CCNC(=O)C3)cc2)CC1. The lowest BCUT2D eigenvalue weighted by atomic mass is 9.98. The zero-order valence-corrected chi connectivity index (χ0v) is 15.8. The molecule has 0 radical (unpaired) electrons. The molecule has 2 aliphatic rings. The van der Waals surface area contributed by atoms with Gasteiger partial charge in [-0.2, -0.15) is 0 Å². The molecule has 1 aromatic carbocycles. The number of carbonyl (C=O) groups excluding carboxylic acids is 2. The van der Waals surface area contributed by atoms with Gasteiger partial charge < -0.3 is 15.5 Å². The zero-order valence-electron chi connectivity index (χ0n) is 15.8. The van der Waals surface area contributed by atoms with Gasteiger partial charge in [-0.1, -0.05) is 19.1 Å². The molecular weight excluding hydrogens is 328 g/mol. The minimum absolute atomic E-state index is 0.0141. The Morgan fingerprint density at radius 3 is 2.58 bits per heavy atom. The lowest BCUT2D eigenvalue weighted by Gasteiger charge is -2.32. The van der Waals surface area contributed by atoms with E-state index in [1.807, 2.05) is 11.8 Å². The molecule has 0 spiro atoms. The van der Waals surface area contributed by atoms with Crippen LogP contribution in [-0.4, -0.2) is 56.0 Å². The predicted octanol–water partition coefficient (Wildman–Crippen LogP) is 1.53. The Kier molecular flexibility index (Phi) is 6.14. The number of nitrogens with one attached hydrogen (secondary N) is 2. The number of amides is 2. The van der Waals surface area contributed by atoms with Crippen molar-refractivity contribution in [1.29, 1.82) is 0 Å². The van der Waals surface area contributed by atoms with E-state index in [0.717, 1.165) is 31.1 Å². The van der Waals surface area contributed by atoms with Crippen molar-refractivity contribution in [2.45, 2.75) is 32.7 Å². The van der Waals surface area contributed by atoms with E-state index in [1.54, 1.807) is 0 Å². The maximum absolute atomic E-state index is 12.3. The molecular formula is C20H30N4O2. The Morgan fingerprint density at radius 1 is 1.23 bits per heavy atom. The highest BCUT2D eigenvalue weighted by Gasteiger charge is 2.20. The van der Waals surface area contributed by atoms with E-state index in [9.17, 15) is 9.59 Å². The van der Waals surface area contributed by atoms with Gasteiger partial charge in [0.2, 0.25) is 11.8 Å². The van der Waals surface area contributed by atoms with E-state index in [4.69, 9.17) is 0 Å². The summed E-state index contributed by atoms with van der Waals surface area (Å²) in [4.78, 5) is 28.0. The molecule has 2 amide bonds. The van der Waals surface area contributed by atoms with Crippen LogP contribution in [0.5, 0.6) is 0 Å². The minimum atomic E-state index is -0.0449. The van der Waals surface area contributed by atoms with Crippen molar-refractivity contribution in [3.05, 3.63) is 29.8 Å². The van der Waals surface area contributed by atoms with Gasteiger partial charge in [-0.05, 0) is 43.4 Å². The molecule has 0 aromatic heterocycles. The second-order valence-corrected chi connectivity index (χ2v) is 7.61. The third-order valence-electron chi connectivity index (χ3n) is 5.40. The molecule has 0 saturated carbocycles. The van der Waals surface area contributed by atoms with Crippen LogP contribution in [0.4, 0.5) is 5.69 Å². The number of benzene rings is 1. The standard InChI is InChI=1S/C20H30N4O2/c1-15-7-10-24(11-8-15)18-5-3-17(4-6-18)16(2)22-20(26)14-23-12-9-21-19(25)13-23/h3-6,15-16H,7-14H2,1-2H3,(H,21,25)(H,22,26)/t16-/m1/s1. The largest absolute Gasteiger partial charge is 0.372 e. The van der Waals surface area contributed by atoms with Gasteiger partial charge >= 0.3 is 0 Å². The van der Waals surface area contributed by atoms with E-state index in [1.165, 1.54) is 18.5 Å². The first kappa shape index (κ1) is 18.7. The van der Waals surface area contributed by atoms with Gasteiger partial charge in [0.1, 0.15) is 0 Å². The van der Waals surface area contributed by atoms with Gasteiger partial charge in [-0.15, -0.1) is 0 Å². The van der Waals surface area contributed by atoms with Crippen LogP contribution in [0.1, 0.15) is 38.3 Å². The van der Waals surface area contributed by atoms with Gasteiger partial charge in [0, 0.05) is 31.9 Å². The molecule has 6 nitrogen and oxygen atoms in total. The first-order valence-corrected chi connectivity index (χ1v) is 9.64. The molecule has 1 atom stereocenters. The summed E-state index contributed by atoms with van der Waals surface area (Å²) in [6.45, 7) is 8.45. The maximum atomic E-state index is 12.3. The number of piperazine rings is 1. The molecule has 2 aliphatic heterocycles. The van der Waals surface area contributed by atoms with Crippen LogP contribution in [0.3, 0.4) is 0 Å². The maximum Gasteiger partial charge on any atom is 0.234 e. The number of piperidine rings is 1. The normalized spacial score (nSPS) is 20.5. The Morgan fingerprint density at radius 2 is 1.92 bits per heavy atom. The summed E-state index contributed by atoms with van der Waals surface area (Å²) >= 11 is 0. The molecule has 2 fully saturated rings. The lowest BCUT2D eigenvalue weighted by molar-refractivity contribution is -0.127. The molecule has 2 heterocycles. The van der Waals surface area contributed by atoms with Crippen molar-refractivity contribution >= 4 is 17.5 Å². The van der Waals surface area contributed by atoms with Crippen molar-refractivity contribution in [3.63, 3.8) is 0 Å². The molecule has 142 valence electrons. The van der Waals surface area contributed by atoms with Crippen molar-refractivity contribution in [2.24, 2.45) is 5.92 Å². The molecule has 0 unspecified atom stereocenters. The van der Waals surface area contributed by atoms with Crippen LogP contribution in [0, 0.1) is 5.92 Å². The summed E-state index contributed by atoms with van der Waals surface area (Å²) in [5, 5.41) is 5.81. The highest BCUT2D eigenvalue weighted by Crippen LogP contribution is 2.24. The summed E-state index contributed by atoms with van der Waals surface area (Å²) in [7, 11) is 0. The topological polar surface area (TPSA) is 64.7 Å². The van der Waals surface area contributed by atoms with E-state index in [-0.39, 0.29) is 24.4 Å². The first-order valence-electron chi connectivity index (χ1n) is 9.64. The van der Waals surface area contributed by atoms with E-state index in [0.29, 0.717) is 13.1 Å². The molecule has 0 aliphatic carbocycles. The smallest absolute Gasteiger partial charge is 0.234 e. The molecule has 26 heavy (non-hydrogen) atoms. The van der Waals surface area contributed by atoms with Crippen molar-refractivity contribution in [1.82, 2.24) is 15.5 Å². The average molecular weight is 358 g/mol. The first-order chi connectivity index (χ1) is 12.5. The number of nitrogens with zero attached hydrogens (tertiary/aromatic N) is 2. The monoisotopic (exact) mass is 358 g/mol. The van der Waals surface area contributed by atoms with Gasteiger partial charge in [-0.25, -0.2) is 0 Å². The second kappa shape index (κ2) is 8.54. The fourth-order valence-electron chi connectivity index (χ4n) is 3.64. The second-order valence-electron chi connectivity index (χ2n) is 7.61. The Hall–Kier alpha value is -2.08. The fourth-order valence-corrected chi connectivity index (χ4v) is 3.64. The summed E-state index contributed by atoms with van der Waals surface area (Å²) in [5.74, 6) is 0.771. The third kappa shape index (κ3) is 4.97. The van der Waals surface area contributed by atoms with Crippen molar-refractivity contribution in [3.8, 4) is 0 Å². The molecule has 2 N–H and O–H groups in total. The lowest BCUT2D eigenvalue weighted by Crippen LogP contribution is -2.50. The Bertz CT molecular complexity index is 623. The Balaban J connectivity index is 1.50. The minimum Gasteiger partial charge on any atom is -0.372 e. The van der Waals surface area contributed by atoms with E-state index in [2.05, 4.69) is 46.7 Å². The average Bonchev–Trinajstić information content (AvgIpc) is 2.62. The van der Waals surface area contributed by atoms with Crippen molar-refractivity contribution < 1.29 is 9.59 Å². The van der Waals surface area contributed by atoms with Crippen LogP contribution in [0.25, 0.3) is 0 Å². The van der Waals surface area contributed by atoms with Gasteiger partial charge in [0.05, 0.1) is 19.1 Å². The number of anilines is 1.